The number of aliphatic imine (C=N–C) groups is 1. The van der Waals surface area contributed by atoms with Crippen LogP contribution in [0.2, 0.25) is 0 Å². The number of halogens is 2. The Morgan fingerprint density at radius 2 is 1.58 bits per heavy atom. The summed E-state index contributed by atoms with van der Waals surface area (Å²) in [6, 6.07) is 11.8. The molecule has 140 valence electrons. The molecule has 0 saturated heterocycles. The molecule has 0 amide bonds. The molecule has 0 unspecified atom stereocenters. The minimum absolute atomic E-state index is 0.0655. The van der Waals surface area contributed by atoms with Gasteiger partial charge in [0.25, 0.3) is 0 Å². The lowest BCUT2D eigenvalue weighted by Gasteiger charge is -2.12. The topological polar surface area (TPSA) is 70.6 Å². The molecule has 0 radical (unpaired) electrons. The maximum Gasteiger partial charge on any atom is 0.191 e. The fourth-order valence-electron chi connectivity index (χ4n) is 2.35. The Labute approximate surface area is 152 Å². The summed E-state index contributed by atoms with van der Waals surface area (Å²) in [4.78, 5) is 3.67. The summed E-state index contributed by atoms with van der Waals surface area (Å²) in [5.74, 6) is -0.916. The first-order chi connectivity index (χ1) is 12.4. The van der Waals surface area contributed by atoms with Crippen LogP contribution in [0, 0.1) is 11.6 Å². The lowest BCUT2D eigenvalue weighted by atomic mass is 10.1. The molecule has 2 N–H and O–H groups in total. The molecule has 2 aromatic carbocycles. The van der Waals surface area contributed by atoms with Crippen LogP contribution < -0.4 is 10.6 Å². The Balaban J connectivity index is 1.82. The van der Waals surface area contributed by atoms with Crippen molar-refractivity contribution in [2.75, 3.05) is 25.9 Å². The summed E-state index contributed by atoms with van der Waals surface area (Å²) in [5.41, 5.74) is 0.581. The van der Waals surface area contributed by atoms with Crippen LogP contribution in [0.3, 0.4) is 0 Å². The molecule has 0 fully saturated rings. The number of nitrogens with one attached hydrogen (secondary N) is 2. The predicted molar refractivity (Wildman–Crippen MR) is 97.9 cm³/mol. The maximum atomic E-state index is 13.6. The van der Waals surface area contributed by atoms with Gasteiger partial charge in [0.15, 0.2) is 15.8 Å². The molecule has 0 spiro atoms. The highest BCUT2D eigenvalue weighted by molar-refractivity contribution is 7.91. The number of guanidine groups is 1. The van der Waals surface area contributed by atoms with E-state index in [1.165, 1.54) is 24.3 Å². The van der Waals surface area contributed by atoms with Crippen LogP contribution >= 0.6 is 0 Å². The average Bonchev–Trinajstić information content (AvgIpc) is 2.62. The van der Waals surface area contributed by atoms with Gasteiger partial charge in [-0.3, -0.25) is 4.99 Å². The molecule has 0 bridgehead atoms. The van der Waals surface area contributed by atoms with Crippen molar-refractivity contribution in [3.05, 3.63) is 65.7 Å². The number of hydrogen-bond acceptors (Lipinski definition) is 3. The molecular formula is C18H21F2N3O2S. The summed E-state index contributed by atoms with van der Waals surface area (Å²) in [7, 11) is -2.19. The van der Waals surface area contributed by atoms with Gasteiger partial charge < -0.3 is 10.6 Å². The predicted octanol–water partition coefficient (Wildman–Crippen LogP) is 2.15. The molecule has 0 saturated carbocycles. The Morgan fingerprint density at radius 1 is 0.962 bits per heavy atom. The first-order valence-corrected chi connectivity index (χ1v) is 9.74. The first kappa shape index (κ1) is 19.8. The van der Waals surface area contributed by atoms with Crippen LogP contribution in [-0.2, 0) is 16.3 Å². The van der Waals surface area contributed by atoms with Crippen molar-refractivity contribution >= 4 is 15.8 Å². The third-order valence-electron chi connectivity index (χ3n) is 3.70. The zero-order chi connectivity index (χ0) is 19.0. The molecule has 0 atom stereocenters. The van der Waals surface area contributed by atoms with E-state index in [1.54, 1.807) is 25.2 Å². The minimum atomic E-state index is -3.73. The van der Waals surface area contributed by atoms with Gasteiger partial charge in [0.05, 0.1) is 5.75 Å². The van der Waals surface area contributed by atoms with Crippen LogP contribution in [0.5, 0.6) is 0 Å². The van der Waals surface area contributed by atoms with E-state index in [4.69, 9.17) is 0 Å². The Kier molecular flexibility index (Phi) is 7.08. The van der Waals surface area contributed by atoms with E-state index >= 15 is 0 Å². The van der Waals surface area contributed by atoms with E-state index in [9.17, 15) is 17.2 Å². The zero-order valence-corrected chi connectivity index (χ0v) is 15.2. The van der Waals surface area contributed by atoms with Gasteiger partial charge in [0.1, 0.15) is 16.5 Å². The molecular weight excluding hydrogens is 360 g/mol. The number of sulfone groups is 1. The quantitative estimate of drug-likeness (QED) is 0.570. The third-order valence-corrected chi connectivity index (χ3v) is 5.45. The molecule has 26 heavy (non-hydrogen) atoms. The van der Waals surface area contributed by atoms with Crippen molar-refractivity contribution in [2.24, 2.45) is 4.99 Å². The minimum Gasteiger partial charge on any atom is -0.356 e. The number of nitrogens with zero attached hydrogens (tertiary/aromatic N) is 1. The molecule has 0 heterocycles. The van der Waals surface area contributed by atoms with Crippen molar-refractivity contribution in [1.82, 2.24) is 10.6 Å². The summed E-state index contributed by atoms with van der Waals surface area (Å²) >= 11 is 0. The number of hydrogen-bond donors (Lipinski definition) is 2. The number of rotatable bonds is 7. The van der Waals surface area contributed by atoms with E-state index in [1.807, 2.05) is 0 Å². The van der Waals surface area contributed by atoms with E-state index < -0.39 is 15.7 Å². The average molecular weight is 381 g/mol. The molecule has 2 rings (SSSR count). The second kappa shape index (κ2) is 9.28. The lowest BCUT2D eigenvalue weighted by molar-refractivity contribution is 0.566. The standard InChI is InChI=1S/C18H21F2N3O2S/c1-21-18(22-11-10-14-6-2-3-7-15(14)19)23-12-13-26(24,25)17-9-5-4-8-16(17)20/h2-9H,10-13H2,1H3,(H2,21,22,23). The van der Waals surface area contributed by atoms with E-state index in [0.29, 0.717) is 24.5 Å². The van der Waals surface area contributed by atoms with Crippen LogP contribution in [-0.4, -0.2) is 40.3 Å². The Morgan fingerprint density at radius 3 is 2.23 bits per heavy atom. The van der Waals surface area contributed by atoms with E-state index in [-0.39, 0.29) is 23.0 Å². The summed E-state index contributed by atoms with van der Waals surface area (Å²) in [5, 5.41) is 5.85. The summed E-state index contributed by atoms with van der Waals surface area (Å²) in [6.45, 7) is 0.497. The molecule has 8 heteroatoms. The van der Waals surface area contributed by atoms with Crippen molar-refractivity contribution in [2.45, 2.75) is 11.3 Å². The molecule has 0 aliphatic heterocycles. The van der Waals surface area contributed by atoms with Crippen LogP contribution in [0.15, 0.2) is 58.4 Å². The van der Waals surface area contributed by atoms with Gasteiger partial charge in [-0.05, 0) is 30.2 Å². The smallest absolute Gasteiger partial charge is 0.191 e. The van der Waals surface area contributed by atoms with Crippen molar-refractivity contribution in [3.63, 3.8) is 0 Å². The maximum absolute atomic E-state index is 13.6. The van der Waals surface area contributed by atoms with Crippen molar-refractivity contribution < 1.29 is 17.2 Å². The third kappa shape index (κ3) is 5.52. The molecule has 2 aromatic rings. The van der Waals surface area contributed by atoms with Gasteiger partial charge in [0, 0.05) is 20.1 Å². The van der Waals surface area contributed by atoms with Gasteiger partial charge in [-0.25, -0.2) is 17.2 Å². The first-order valence-electron chi connectivity index (χ1n) is 8.09. The zero-order valence-electron chi connectivity index (χ0n) is 14.4. The van der Waals surface area contributed by atoms with Gasteiger partial charge in [0.2, 0.25) is 0 Å². The highest BCUT2D eigenvalue weighted by Gasteiger charge is 2.18. The fraction of sp³-hybridized carbons (Fsp3) is 0.278. The van der Waals surface area contributed by atoms with E-state index in [0.717, 1.165) is 6.07 Å². The van der Waals surface area contributed by atoms with E-state index in [2.05, 4.69) is 15.6 Å². The highest BCUT2D eigenvalue weighted by atomic mass is 32.2. The normalized spacial score (nSPS) is 12.0. The molecule has 5 nitrogen and oxygen atoms in total. The van der Waals surface area contributed by atoms with Gasteiger partial charge >= 0.3 is 0 Å². The molecule has 0 aromatic heterocycles. The second-order valence-corrected chi connectivity index (χ2v) is 7.59. The lowest BCUT2D eigenvalue weighted by Crippen LogP contribution is -2.40. The summed E-state index contributed by atoms with van der Waals surface area (Å²) < 4.78 is 51.5. The highest BCUT2D eigenvalue weighted by Crippen LogP contribution is 2.14. The number of benzene rings is 2. The monoisotopic (exact) mass is 381 g/mol. The van der Waals surface area contributed by atoms with Crippen molar-refractivity contribution in [3.8, 4) is 0 Å². The van der Waals surface area contributed by atoms with Crippen molar-refractivity contribution in [1.29, 1.82) is 0 Å². The Hall–Kier alpha value is -2.48. The van der Waals surface area contributed by atoms with Gasteiger partial charge in [-0.2, -0.15) is 0 Å². The Bertz CT molecular complexity index is 870. The van der Waals surface area contributed by atoms with Crippen LogP contribution in [0.1, 0.15) is 5.56 Å². The van der Waals surface area contributed by atoms with Gasteiger partial charge in [-0.15, -0.1) is 0 Å². The fourth-order valence-corrected chi connectivity index (χ4v) is 3.59. The molecule has 0 aliphatic rings. The van der Waals surface area contributed by atoms with Gasteiger partial charge in [-0.1, -0.05) is 30.3 Å². The second-order valence-electron chi connectivity index (χ2n) is 5.52. The van der Waals surface area contributed by atoms with Crippen LogP contribution in [0.4, 0.5) is 8.78 Å². The molecule has 0 aliphatic carbocycles. The SMILES string of the molecule is CN=C(NCCc1ccccc1F)NCCS(=O)(=O)c1ccccc1F. The largest absolute Gasteiger partial charge is 0.356 e. The summed E-state index contributed by atoms with van der Waals surface area (Å²) in [6.07, 6.45) is 0.459. The van der Waals surface area contributed by atoms with Crippen LogP contribution in [0.25, 0.3) is 0 Å².